The first kappa shape index (κ1) is 22.3. The van der Waals surface area contributed by atoms with Crippen LogP contribution < -0.4 is 4.90 Å². The number of H-pyrrole nitrogens is 1. The SMILES string of the molecule is Brc1ccc2c(c1)SN(CCc1ccccc1)C(Cc1ccccc1)CN2Cc1c[nH]cn1. The Bertz CT molecular complexity index is 1150. The first-order valence-corrected chi connectivity index (χ1v) is 12.9. The van der Waals surface area contributed by atoms with Crippen LogP contribution >= 0.6 is 27.9 Å². The van der Waals surface area contributed by atoms with Crippen LogP contribution in [-0.2, 0) is 19.4 Å². The number of anilines is 1. The Hall–Kier alpha value is -2.54. The van der Waals surface area contributed by atoms with E-state index in [0.29, 0.717) is 6.04 Å². The summed E-state index contributed by atoms with van der Waals surface area (Å²) in [5.74, 6) is 0. The molecule has 33 heavy (non-hydrogen) atoms. The number of aromatic amines is 1. The molecule has 1 unspecified atom stereocenters. The topological polar surface area (TPSA) is 35.2 Å². The number of rotatable bonds is 7. The molecule has 1 aliphatic rings. The van der Waals surface area contributed by atoms with Crippen molar-refractivity contribution in [2.75, 3.05) is 18.0 Å². The molecule has 0 spiro atoms. The number of halogens is 1. The summed E-state index contributed by atoms with van der Waals surface area (Å²) in [5, 5.41) is 0. The third-order valence-electron chi connectivity index (χ3n) is 6.00. The maximum absolute atomic E-state index is 4.51. The molecule has 0 saturated carbocycles. The van der Waals surface area contributed by atoms with Crippen molar-refractivity contribution in [3.05, 3.63) is 113 Å². The van der Waals surface area contributed by atoms with E-state index in [2.05, 4.69) is 114 Å². The highest BCUT2D eigenvalue weighted by molar-refractivity contribution is 9.10. The number of nitrogens with one attached hydrogen (secondary N) is 1. The van der Waals surface area contributed by atoms with Crippen LogP contribution in [0, 0.1) is 0 Å². The summed E-state index contributed by atoms with van der Waals surface area (Å²) >= 11 is 5.58. The average Bonchev–Trinajstić information content (AvgIpc) is 3.31. The number of nitrogens with zero attached hydrogens (tertiary/aromatic N) is 3. The molecule has 0 amide bonds. The maximum atomic E-state index is 4.51. The van der Waals surface area contributed by atoms with E-state index in [4.69, 9.17) is 0 Å². The highest BCUT2D eigenvalue weighted by Crippen LogP contribution is 2.40. The quantitative estimate of drug-likeness (QED) is 0.289. The average molecular weight is 520 g/mol. The largest absolute Gasteiger partial charge is 0.363 e. The van der Waals surface area contributed by atoms with Gasteiger partial charge in [-0.3, -0.25) is 0 Å². The molecule has 168 valence electrons. The Labute approximate surface area is 208 Å². The van der Waals surface area contributed by atoms with Crippen molar-refractivity contribution in [2.45, 2.75) is 30.3 Å². The zero-order valence-electron chi connectivity index (χ0n) is 18.4. The highest BCUT2D eigenvalue weighted by Gasteiger charge is 2.29. The first-order valence-electron chi connectivity index (χ1n) is 11.3. The van der Waals surface area contributed by atoms with E-state index in [9.17, 15) is 0 Å². The molecule has 0 fully saturated rings. The summed E-state index contributed by atoms with van der Waals surface area (Å²) in [6.07, 6.45) is 5.80. The summed E-state index contributed by atoms with van der Waals surface area (Å²) in [6, 6.07) is 28.6. The van der Waals surface area contributed by atoms with Gasteiger partial charge in [-0.25, -0.2) is 9.29 Å². The van der Waals surface area contributed by atoms with Gasteiger partial charge in [0.05, 0.1) is 24.3 Å². The minimum absolute atomic E-state index is 0.367. The Kier molecular flexibility index (Phi) is 7.15. The molecule has 3 aromatic carbocycles. The number of hydrogen-bond acceptors (Lipinski definition) is 4. The molecule has 1 aromatic heterocycles. The van der Waals surface area contributed by atoms with Crippen LogP contribution in [-0.4, -0.2) is 33.4 Å². The van der Waals surface area contributed by atoms with Crippen molar-refractivity contribution in [1.29, 1.82) is 0 Å². The molecule has 0 radical (unpaired) electrons. The number of hydrogen-bond donors (Lipinski definition) is 1. The molecule has 1 atom stereocenters. The third kappa shape index (κ3) is 5.69. The standard InChI is InChI=1S/C27H27BrN4S/c28-23-11-12-26-27(16-23)33-32(14-13-21-7-3-1-4-8-21)25(15-22-9-5-2-6-10-22)19-31(26)18-24-17-29-20-30-24/h1-12,16-17,20,25H,13-15,18-19H2,(H,29,30). The van der Waals surface area contributed by atoms with Gasteiger partial charge < -0.3 is 9.88 Å². The molecular weight excluding hydrogens is 492 g/mol. The normalized spacial score (nSPS) is 16.4. The summed E-state index contributed by atoms with van der Waals surface area (Å²) < 4.78 is 3.70. The van der Waals surface area contributed by atoms with Crippen LogP contribution in [0.2, 0.25) is 0 Å². The highest BCUT2D eigenvalue weighted by atomic mass is 79.9. The van der Waals surface area contributed by atoms with Crippen molar-refractivity contribution in [3.63, 3.8) is 0 Å². The van der Waals surface area contributed by atoms with Crippen molar-refractivity contribution >= 4 is 33.6 Å². The van der Waals surface area contributed by atoms with Gasteiger partial charge in [0.2, 0.25) is 0 Å². The lowest BCUT2D eigenvalue weighted by Gasteiger charge is -2.31. The second-order valence-corrected chi connectivity index (χ2v) is 10.4. The zero-order chi connectivity index (χ0) is 22.5. The Balaban J connectivity index is 1.47. The summed E-state index contributed by atoms with van der Waals surface area (Å²) in [4.78, 5) is 11.4. The smallest absolute Gasteiger partial charge is 0.0923 e. The molecule has 1 N–H and O–H groups in total. The second-order valence-electron chi connectivity index (χ2n) is 8.36. The molecule has 0 saturated heterocycles. The summed E-state index contributed by atoms with van der Waals surface area (Å²) in [6.45, 7) is 2.73. The monoisotopic (exact) mass is 518 g/mol. The van der Waals surface area contributed by atoms with Crippen molar-refractivity contribution in [3.8, 4) is 0 Å². The molecular formula is C27H27BrN4S. The van der Waals surface area contributed by atoms with E-state index in [1.165, 1.54) is 21.7 Å². The fourth-order valence-electron chi connectivity index (χ4n) is 4.35. The number of aromatic nitrogens is 2. The predicted molar refractivity (Wildman–Crippen MR) is 140 cm³/mol. The molecule has 4 nitrogen and oxygen atoms in total. The van der Waals surface area contributed by atoms with Crippen LogP contribution in [0.1, 0.15) is 16.8 Å². The molecule has 5 rings (SSSR count). The molecule has 0 bridgehead atoms. The van der Waals surface area contributed by atoms with Gasteiger partial charge in [-0.2, -0.15) is 0 Å². The van der Waals surface area contributed by atoms with E-state index in [1.54, 1.807) is 6.33 Å². The van der Waals surface area contributed by atoms with Crippen molar-refractivity contribution in [2.24, 2.45) is 0 Å². The summed E-state index contributed by atoms with van der Waals surface area (Å²) in [5.41, 5.74) is 5.08. The number of benzene rings is 3. The Morgan fingerprint density at radius 1 is 0.970 bits per heavy atom. The molecule has 2 heterocycles. The first-order chi connectivity index (χ1) is 16.2. The minimum atomic E-state index is 0.367. The van der Waals surface area contributed by atoms with E-state index in [1.807, 2.05) is 18.1 Å². The van der Waals surface area contributed by atoms with Crippen LogP contribution in [0.25, 0.3) is 0 Å². The van der Waals surface area contributed by atoms with Crippen molar-refractivity contribution < 1.29 is 0 Å². The lowest BCUT2D eigenvalue weighted by molar-refractivity contribution is 0.353. The van der Waals surface area contributed by atoms with Gasteiger partial charge in [-0.15, -0.1) is 0 Å². The zero-order valence-corrected chi connectivity index (χ0v) is 20.8. The lowest BCUT2D eigenvalue weighted by Crippen LogP contribution is -2.41. The van der Waals surface area contributed by atoms with Crippen LogP contribution in [0.5, 0.6) is 0 Å². The Morgan fingerprint density at radius 2 is 1.73 bits per heavy atom. The molecule has 4 aromatic rings. The maximum Gasteiger partial charge on any atom is 0.0923 e. The fourth-order valence-corrected chi connectivity index (χ4v) is 6.06. The molecule has 1 aliphatic heterocycles. The van der Waals surface area contributed by atoms with E-state index in [-0.39, 0.29) is 0 Å². The van der Waals surface area contributed by atoms with E-state index >= 15 is 0 Å². The minimum Gasteiger partial charge on any atom is -0.363 e. The van der Waals surface area contributed by atoms with Gasteiger partial charge in [0.25, 0.3) is 0 Å². The van der Waals surface area contributed by atoms with Gasteiger partial charge in [0.15, 0.2) is 0 Å². The molecule has 0 aliphatic carbocycles. The van der Waals surface area contributed by atoms with Crippen LogP contribution in [0.3, 0.4) is 0 Å². The number of imidazole rings is 1. The second kappa shape index (κ2) is 10.6. The van der Waals surface area contributed by atoms with Gasteiger partial charge in [-0.1, -0.05) is 76.6 Å². The summed E-state index contributed by atoms with van der Waals surface area (Å²) in [7, 11) is 0. The van der Waals surface area contributed by atoms with Gasteiger partial charge in [0, 0.05) is 34.7 Å². The van der Waals surface area contributed by atoms with Gasteiger partial charge in [0.1, 0.15) is 0 Å². The fraction of sp³-hybridized carbons (Fsp3) is 0.222. The van der Waals surface area contributed by atoms with Gasteiger partial charge >= 0.3 is 0 Å². The third-order valence-corrected chi connectivity index (χ3v) is 7.73. The predicted octanol–water partition coefficient (Wildman–Crippen LogP) is 6.36. The van der Waals surface area contributed by atoms with Crippen LogP contribution in [0.15, 0.2) is 101 Å². The number of fused-ring (bicyclic) bond motifs is 1. The van der Waals surface area contributed by atoms with Crippen molar-refractivity contribution in [1.82, 2.24) is 14.3 Å². The lowest BCUT2D eigenvalue weighted by atomic mass is 10.0. The van der Waals surface area contributed by atoms with E-state index < -0.39 is 0 Å². The van der Waals surface area contributed by atoms with E-state index in [0.717, 1.165) is 42.6 Å². The Morgan fingerprint density at radius 3 is 2.45 bits per heavy atom. The molecule has 6 heteroatoms. The van der Waals surface area contributed by atoms with Crippen LogP contribution in [0.4, 0.5) is 5.69 Å². The van der Waals surface area contributed by atoms with Gasteiger partial charge in [-0.05, 0) is 54.1 Å².